The Bertz CT molecular complexity index is 278. The molecule has 66 valence electrons. The summed E-state index contributed by atoms with van der Waals surface area (Å²) < 4.78 is 0. The standard InChI is InChI=1S/C10H14O2/c1-9(2)6-4-5-10(9,3)8(12)7(6)11/h6H,4-5H2,1-3H3/t6-,10-/m0/s1. The number of Topliss-reactive ketones (excluding diaryl/α,β-unsaturated/α-hetero) is 2. The molecule has 0 aromatic carbocycles. The largest absolute Gasteiger partial charge is 0.291 e. The van der Waals surface area contributed by atoms with E-state index in [4.69, 9.17) is 0 Å². The number of ketones is 2. The first-order valence-corrected chi connectivity index (χ1v) is 4.50. The van der Waals surface area contributed by atoms with Crippen LogP contribution in [0.1, 0.15) is 33.6 Å². The van der Waals surface area contributed by atoms with E-state index >= 15 is 0 Å². The molecule has 0 radical (unpaired) electrons. The molecule has 0 aliphatic heterocycles. The predicted molar refractivity (Wildman–Crippen MR) is 44.6 cm³/mol. The van der Waals surface area contributed by atoms with Crippen molar-refractivity contribution >= 4 is 11.6 Å². The molecule has 0 N–H and O–H groups in total. The Morgan fingerprint density at radius 3 is 2.08 bits per heavy atom. The van der Waals surface area contributed by atoms with Gasteiger partial charge in [-0.3, -0.25) is 9.59 Å². The monoisotopic (exact) mass is 166 g/mol. The number of carbonyl (C=O) groups excluding carboxylic acids is 2. The normalized spacial score (nSPS) is 44.1. The number of hydrogen-bond donors (Lipinski definition) is 0. The molecule has 0 unspecified atom stereocenters. The third kappa shape index (κ3) is 0.551. The number of rotatable bonds is 0. The lowest BCUT2D eigenvalue weighted by Crippen LogP contribution is -2.33. The molecule has 2 bridgehead atoms. The van der Waals surface area contributed by atoms with Gasteiger partial charge in [0.25, 0.3) is 0 Å². The summed E-state index contributed by atoms with van der Waals surface area (Å²) in [4.78, 5) is 23.0. The molecule has 2 aliphatic rings. The van der Waals surface area contributed by atoms with Crippen LogP contribution in [0.5, 0.6) is 0 Å². The third-order valence-corrected chi connectivity index (χ3v) is 4.27. The first-order valence-electron chi connectivity index (χ1n) is 4.50. The van der Waals surface area contributed by atoms with Gasteiger partial charge in [0, 0.05) is 11.3 Å². The fourth-order valence-corrected chi connectivity index (χ4v) is 2.80. The Balaban J connectivity index is 2.58. The average Bonchev–Trinajstić information content (AvgIpc) is 2.26. The van der Waals surface area contributed by atoms with Crippen LogP contribution in [0.3, 0.4) is 0 Å². The van der Waals surface area contributed by atoms with Crippen molar-refractivity contribution in [3.05, 3.63) is 0 Å². The lowest BCUT2D eigenvalue weighted by atomic mass is 9.70. The van der Waals surface area contributed by atoms with Crippen molar-refractivity contribution in [2.75, 3.05) is 0 Å². The molecule has 0 amide bonds. The zero-order chi connectivity index (χ0) is 9.15. The number of hydrogen-bond acceptors (Lipinski definition) is 2. The Morgan fingerprint density at radius 2 is 1.83 bits per heavy atom. The molecule has 2 aliphatic carbocycles. The minimum atomic E-state index is -0.352. The molecule has 2 fully saturated rings. The van der Waals surface area contributed by atoms with Gasteiger partial charge in [0.1, 0.15) is 0 Å². The van der Waals surface area contributed by atoms with Gasteiger partial charge in [-0.2, -0.15) is 0 Å². The van der Waals surface area contributed by atoms with Crippen LogP contribution in [0.15, 0.2) is 0 Å². The van der Waals surface area contributed by atoms with Crippen LogP contribution in [0.4, 0.5) is 0 Å². The summed E-state index contributed by atoms with van der Waals surface area (Å²) in [6, 6.07) is 0. The highest BCUT2D eigenvalue weighted by Gasteiger charge is 2.66. The minimum absolute atomic E-state index is 0.00926. The molecule has 2 rings (SSSR count). The Hall–Kier alpha value is -0.660. The van der Waals surface area contributed by atoms with Crippen molar-refractivity contribution in [2.45, 2.75) is 33.6 Å². The van der Waals surface area contributed by atoms with E-state index in [1.807, 2.05) is 20.8 Å². The van der Waals surface area contributed by atoms with E-state index in [2.05, 4.69) is 0 Å². The van der Waals surface area contributed by atoms with Crippen molar-refractivity contribution in [3.8, 4) is 0 Å². The predicted octanol–water partition coefficient (Wildman–Crippen LogP) is 1.58. The van der Waals surface area contributed by atoms with Crippen molar-refractivity contribution in [2.24, 2.45) is 16.7 Å². The maximum absolute atomic E-state index is 11.6. The third-order valence-electron chi connectivity index (χ3n) is 4.27. The first kappa shape index (κ1) is 7.96. The van der Waals surface area contributed by atoms with Crippen molar-refractivity contribution in [1.29, 1.82) is 0 Å². The summed E-state index contributed by atoms with van der Waals surface area (Å²) in [7, 11) is 0. The minimum Gasteiger partial charge on any atom is -0.291 e. The molecule has 0 saturated heterocycles. The quantitative estimate of drug-likeness (QED) is 0.512. The van der Waals surface area contributed by atoms with Gasteiger partial charge in [-0.05, 0) is 18.3 Å². The van der Waals surface area contributed by atoms with Gasteiger partial charge in [0.2, 0.25) is 11.6 Å². The second-order valence-electron chi connectivity index (χ2n) is 4.84. The highest BCUT2D eigenvalue weighted by atomic mass is 16.2. The molecule has 12 heavy (non-hydrogen) atoms. The van der Waals surface area contributed by atoms with Gasteiger partial charge in [-0.15, -0.1) is 0 Å². The molecular weight excluding hydrogens is 152 g/mol. The van der Waals surface area contributed by atoms with E-state index in [-0.39, 0.29) is 28.3 Å². The van der Waals surface area contributed by atoms with Crippen LogP contribution in [0, 0.1) is 16.7 Å². The molecular formula is C10H14O2. The van der Waals surface area contributed by atoms with E-state index in [1.54, 1.807) is 0 Å². The SMILES string of the molecule is CC1(C)[C@H]2CC[C@@]1(C)C(=O)C2=O. The zero-order valence-corrected chi connectivity index (χ0v) is 7.81. The molecule has 0 spiro atoms. The van der Waals surface area contributed by atoms with Crippen LogP contribution in [-0.2, 0) is 9.59 Å². The molecule has 0 aromatic heterocycles. The van der Waals surface area contributed by atoms with Gasteiger partial charge in [0.15, 0.2) is 0 Å². The Labute approximate surface area is 72.3 Å². The average molecular weight is 166 g/mol. The zero-order valence-electron chi connectivity index (χ0n) is 7.81. The summed E-state index contributed by atoms with van der Waals surface area (Å²) in [5.74, 6) is -0.229. The van der Waals surface area contributed by atoms with Crippen LogP contribution >= 0.6 is 0 Å². The van der Waals surface area contributed by atoms with E-state index in [1.165, 1.54) is 0 Å². The highest BCUT2D eigenvalue weighted by molar-refractivity contribution is 6.43. The topological polar surface area (TPSA) is 34.1 Å². The Kier molecular flexibility index (Phi) is 1.20. The van der Waals surface area contributed by atoms with E-state index in [0.29, 0.717) is 0 Å². The summed E-state index contributed by atoms with van der Waals surface area (Å²) in [5.41, 5.74) is -0.448. The van der Waals surface area contributed by atoms with Crippen LogP contribution in [0.25, 0.3) is 0 Å². The summed E-state index contributed by atoms with van der Waals surface area (Å²) in [6.07, 6.45) is 1.81. The second kappa shape index (κ2) is 1.81. The molecule has 2 heteroatoms. The van der Waals surface area contributed by atoms with E-state index in [9.17, 15) is 9.59 Å². The van der Waals surface area contributed by atoms with Crippen molar-refractivity contribution in [1.82, 2.24) is 0 Å². The number of carbonyl (C=O) groups is 2. The molecule has 2 atom stereocenters. The molecule has 2 nitrogen and oxygen atoms in total. The van der Waals surface area contributed by atoms with Gasteiger partial charge in [-0.1, -0.05) is 20.8 Å². The van der Waals surface area contributed by atoms with Gasteiger partial charge in [0.05, 0.1) is 0 Å². The molecule has 0 heterocycles. The van der Waals surface area contributed by atoms with Crippen LogP contribution in [-0.4, -0.2) is 11.6 Å². The fourth-order valence-electron chi connectivity index (χ4n) is 2.80. The lowest BCUT2D eigenvalue weighted by Gasteiger charge is -2.31. The molecule has 0 aromatic rings. The second-order valence-corrected chi connectivity index (χ2v) is 4.84. The van der Waals surface area contributed by atoms with E-state index < -0.39 is 0 Å². The highest BCUT2D eigenvalue weighted by Crippen LogP contribution is 2.61. The van der Waals surface area contributed by atoms with Crippen molar-refractivity contribution < 1.29 is 9.59 Å². The van der Waals surface area contributed by atoms with Crippen LogP contribution in [0.2, 0.25) is 0 Å². The fraction of sp³-hybridized carbons (Fsp3) is 0.800. The van der Waals surface area contributed by atoms with Crippen LogP contribution < -0.4 is 0 Å². The lowest BCUT2D eigenvalue weighted by molar-refractivity contribution is -0.141. The maximum Gasteiger partial charge on any atom is 0.205 e. The maximum atomic E-state index is 11.6. The molecule has 2 saturated carbocycles. The first-order chi connectivity index (χ1) is 5.41. The van der Waals surface area contributed by atoms with Gasteiger partial charge >= 0.3 is 0 Å². The van der Waals surface area contributed by atoms with Crippen molar-refractivity contribution in [3.63, 3.8) is 0 Å². The van der Waals surface area contributed by atoms with Gasteiger partial charge < -0.3 is 0 Å². The summed E-state index contributed by atoms with van der Waals surface area (Å²) in [6.45, 7) is 6.04. The number of fused-ring (bicyclic) bond motifs is 2. The summed E-state index contributed by atoms with van der Waals surface area (Å²) >= 11 is 0. The smallest absolute Gasteiger partial charge is 0.205 e. The summed E-state index contributed by atoms with van der Waals surface area (Å²) in [5, 5.41) is 0. The Morgan fingerprint density at radius 1 is 1.25 bits per heavy atom. The van der Waals surface area contributed by atoms with E-state index in [0.717, 1.165) is 12.8 Å². The van der Waals surface area contributed by atoms with Gasteiger partial charge in [-0.25, -0.2) is 0 Å².